The standard InChI is InChI=1S/C17H22N4O3/c1-17(2,3)24-16(22)20-9-10-21-14(11-20)15(18-19-21)12-5-7-13(23-4)8-6-12/h5-8H,9-11H2,1-4H3. The minimum absolute atomic E-state index is 0.310. The summed E-state index contributed by atoms with van der Waals surface area (Å²) in [6.45, 7) is 7.20. The molecule has 0 bridgehead atoms. The van der Waals surface area contributed by atoms with Crippen LogP contribution < -0.4 is 4.74 Å². The molecule has 0 saturated carbocycles. The molecule has 0 spiro atoms. The molecule has 0 atom stereocenters. The van der Waals surface area contributed by atoms with Gasteiger partial charge in [-0.2, -0.15) is 0 Å². The number of hydrogen-bond acceptors (Lipinski definition) is 5. The molecular formula is C17H22N4O3. The van der Waals surface area contributed by atoms with Gasteiger partial charge in [0.1, 0.15) is 17.0 Å². The van der Waals surface area contributed by atoms with Crippen molar-refractivity contribution in [2.45, 2.75) is 39.5 Å². The maximum atomic E-state index is 12.3. The lowest BCUT2D eigenvalue weighted by atomic mass is 10.1. The molecule has 0 radical (unpaired) electrons. The lowest BCUT2D eigenvalue weighted by Crippen LogP contribution is -2.41. The number of aromatic nitrogens is 3. The second-order valence-corrected chi connectivity index (χ2v) is 6.74. The number of methoxy groups -OCH3 is 1. The molecule has 1 aliphatic heterocycles. The number of carbonyl (C=O) groups excluding carboxylic acids is 1. The van der Waals surface area contributed by atoms with Crippen LogP contribution in [0.25, 0.3) is 11.3 Å². The van der Waals surface area contributed by atoms with Crippen LogP contribution in [0.4, 0.5) is 4.79 Å². The number of carbonyl (C=O) groups is 1. The molecule has 2 heterocycles. The topological polar surface area (TPSA) is 69.5 Å². The third kappa shape index (κ3) is 3.34. The minimum Gasteiger partial charge on any atom is -0.497 e. The van der Waals surface area contributed by atoms with E-state index in [1.54, 1.807) is 12.0 Å². The minimum atomic E-state index is -0.508. The van der Waals surface area contributed by atoms with Crippen LogP contribution in [-0.2, 0) is 17.8 Å². The number of benzene rings is 1. The Labute approximate surface area is 141 Å². The summed E-state index contributed by atoms with van der Waals surface area (Å²) in [5, 5.41) is 8.49. The van der Waals surface area contributed by atoms with E-state index in [9.17, 15) is 4.79 Å². The molecule has 2 aromatic rings. The van der Waals surface area contributed by atoms with Crippen LogP contribution in [0.1, 0.15) is 26.5 Å². The number of amides is 1. The van der Waals surface area contributed by atoms with Crippen molar-refractivity contribution in [1.82, 2.24) is 19.9 Å². The van der Waals surface area contributed by atoms with Gasteiger partial charge < -0.3 is 14.4 Å². The lowest BCUT2D eigenvalue weighted by Gasteiger charge is -2.30. The molecule has 0 aliphatic carbocycles. The van der Waals surface area contributed by atoms with Crippen molar-refractivity contribution in [3.8, 4) is 17.0 Å². The molecule has 7 heteroatoms. The van der Waals surface area contributed by atoms with Crippen molar-refractivity contribution in [3.05, 3.63) is 30.0 Å². The highest BCUT2D eigenvalue weighted by Gasteiger charge is 2.28. The summed E-state index contributed by atoms with van der Waals surface area (Å²) in [6.07, 6.45) is -0.310. The number of rotatable bonds is 2. The highest BCUT2D eigenvalue weighted by molar-refractivity contribution is 5.69. The van der Waals surface area contributed by atoms with Gasteiger partial charge >= 0.3 is 6.09 Å². The Morgan fingerprint density at radius 3 is 2.50 bits per heavy atom. The largest absolute Gasteiger partial charge is 0.497 e. The van der Waals surface area contributed by atoms with Gasteiger partial charge in [-0.3, -0.25) is 0 Å². The van der Waals surface area contributed by atoms with Gasteiger partial charge in [-0.25, -0.2) is 9.48 Å². The average Bonchev–Trinajstić information content (AvgIpc) is 2.96. The van der Waals surface area contributed by atoms with Gasteiger partial charge in [0, 0.05) is 12.1 Å². The molecule has 7 nitrogen and oxygen atoms in total. The van der Waals surface area contributed by atoms with E-state index in [1.807, 2.05) is 49.7 Å². The van der Waals surface area contributed by atoms with Gasteiger partial charge in [0.2, 0.25) is 0 Å². The van der Waals surface area contributed by atoms with Crippen molar-refractivity contribution < 1.29 is 14.3 Å². The predicted molar refractivity (Wildman–Crippen MR) is 88.7 cm³/mol. The van der Waals surface area contributed by atoms with E-state index in [-0.39, 0.29) is 6.09 Å². The molecule has 0 N–H and O–H groups in total. The van der Waals surface area contributed by atoms with Crippen molar-refractivity contribution >= 4 is 6.09 Å². The van der Waals surface area contributed by atoms with E-state index >= 15 is 0 Å². The maximum Gasteiger partial charge on any atom is 0.410 e. The van der Waals surface area contributed by atoms with Gasteiger partial charge in [-0.15, -0.1) is 5.10 Å². The predicted octanol–water partition coefficient (Wildman–Crippen LogP) is 2.70. The smallest absolute Gasteiger partial charge is 0.410 e. The Bertz CT molecular complexity index is 731. The second kappa shape index (κ2) is 6.14. The Morgan fingerprint density at radius 1 is 1.17 bits per heavy atom. The summed E-state index contributed by atoms with van der Waals surface area (Å²) in [4.78, 5) is 14.0. The molecule has 3 rings (SSSR count). The van der Waals surface area contributed by atoms with Gasteiger partial charge in [-0.1, -0.05) is 5.21 Å². The molecule has 1 aromatic heterocycles. The van der Waals surface area contributed by atoms with Crippen molar-refractivity contribution in [2.24, 2.45) is 0 Å². The average molecular weight is 330 g/mol. The Kier molecular flexibility index (Phi) is 4.17. The third-order valence-corrected chi connectivity index (χ3v) is 3.78. The van der Waals surface area contributed by atoms with Crippen molar-refractivity contribution in [1.29, 1.82) is 0 Å². The van der Waals surface area contributed by atoms with Gasteiger partial charge in [-0.05, 0) is 45.0 Å². The first kappa shape index (κ1) is 16.3. The fourth-order valence-electron chi connectivity index (χ4n) is 2.60. The summed E-state index contributed by atoms with van der Waals surface area (Å²) in [5.74, 6) is 0.787. The van der Waals surface area contributed by atoms with E-state index in [4.69, 9.17) is 9.47 Å². The molecule has 1 amide bonds. The summed E-state index contributed by atoms with van der Waals surface area (Å²) in [7, 11) is 1.63. The number of fused-ring (bicyclic) bond motifs is 1. The van der Waals surface area contributed by atoms with Gasteiger partial charge in [0.25, 0.3) is 0 Å². The fourth-order valence-corrected chi connectivity index (χ4v) is 2.60. The van der Waals surface area contributed by atoms with Crippen LogP contribution in [0, 0.1) is 0 Å². The number of nitrogens with zero attached hydrogens (tertiary/aromatic N) is 4. The summed E-state index contributed by atoms with van der Waals surface area (Å²) < 4.78 is 12.5. The fraction of sp³-hybridized carbons (Fsp3) is 0.471. The number of ether oxygens (including phenoxy) is 2. The molecular weight excluding hydrogens is 308 g/mol. The Hall–Kier alpha value is -2.57. The van der Waals surface area contributed by atoms with Crippen LogP contribution in [-0.4, -0.2) is 45.2 Å². The molecule has 0 fully saturated rings. The lowest BCUT2D eigenvalue weighted by molar-refractivity contribution is 0.0194. The second-order valence-electron chi connectivity index (χ2n) is 6.74. The first-order chi connectivity index (χ1) is 11.4. The van der Waals surface area contributed by atoms with E-state index < -0.39 is 5.60 Å². The van der Waals surface area contributed by atoms with Crippen LogP contribution in [0.3, 0.4) is 0 Å². The van der Waals surface area contributed by atoms with Crippen LogP contribution in [0.5, 0.6) is 5.75 Å². The zero-order valence-electron chi connectivity index (χ0n) is 14.4. The molecule has 24 heavy (non-hydrogen) atoms. The zero-order chi connectivity index (χ0) is 17.3. The van der Waals surface area contributed by atoms with E-state index in [0.29, 0.717) is 19.6 Å². The zero-order valence-corrected chi connectivity index (χ0v) is 14.4. The SMILES string of the molecule is COc1ccc(-c2nnn3c2CN(C(=O)OC(C)(C)C)CC3)cc1. The molecule has 0 unspecified atom stereocenters. The molecule has 128 valence electrons. The van der Waals surface area contributed by atoms with Gasteiger partial charge in [0.15, 0.2) is 0 Å². The first-order valence-electron chi connectivity index (χ1n) is 7.92. The quantitative estimate of drug-likeness (QED) is 0.847. The summed E-state index contributed by atoms with van der Waals surface area (Å²) >= 11 is 0. The first-order valence-corrected chi connectivity index (χ1v) is 7.92. The Morgan fingerprint density at radius 2 is 1.88 bits per heavy atom. The van der Waals surface area contributed by atoms with Crippen LogP contribution in [0.15, 0.2) is 24.3 Å². The Balaban J connectivity index is 1.83. The monoisotopic (exact) mass is 330 g/mol. The number of hydrogen-bond donors (Lipinski definition) is 0. The van der Waals surface area contributed by atoms with Crippen LogP contribution in [0.2, 0.25) is 0 Å². The normalized spacial score (nSPS) is 14.2. The molecule has 0 saturated heterocycles. The van der Waals surface area contributed by atoms with Crippen molar-refractivity contribution in [3.63, 3.8) is 0 Å². The summed E-state index contributed by atoms with van der Waals surface area (Å²) in [6, 6.07) is 7.65. The van der Waals surface area contributed by atoms with Crippen LogP contribution >= 0.6 is 0 Å². The van der Waals surface area contributed by atoms with E-state index in [1.165, 1.54) is 0 Å². The highest BCUT2D eigenvalue weighted by Crippen LogP contribution is 2.27. The maximum absolute atomic E-state index is 12.3. The highest BCUT2D eigenvalue weighted by atomic mass is 16.6. The van der Waals surface area contributed by atoms with Crippen molar-refractivity contribution in [2.75, 3.05) is 13.7 Å². The van der Waals surface area contributed by atoms with Gasteiger partial charge in [0.05, 0.1) is 25.9 Å². The summed E-state index contributed by atoms with van der Waals surface area (Å²) in [5.41, 5.74) is 2.14. The van der Waals surface area contributed by atoms with E-state index in [2.05, 4.69) is 10.3 Å². The van der Waals surface area contributed by atoms with E-state index in [0.717, 1.165) is 22.7 Å². The molecule has 1 aliphatic rings. The third-order valence-electron chi connectivity index (χ3n) is 3.78. The molecule has 1 aromatic carbocycles.